The molecule has 0 aromatic rings. The Balaban J connectivity index is 2.12. The molecule has 19 heavy (non-hydrogen) atoms. The van der Waals surface area contributed by atoms with Gasteiger partial charge < -0.3 is 14.9 Å². The summed E-state index contributed by atoms with van der Waals surface area (Å²) in [6.45, 7) is 5.52. The van der Waals surface area contributed by atoms with Crippen molar-refractivity contribution < 1.29 is 14.7 Å². The fourth-order valence-corrected chi connectivity index (χ4v) is 3.33. The van der Waals surface area contributed by atoms with Crippen molar-refractivity contribution in [3.63, 3.8) is 0 Å². The van der Waals surface area contributed by atoms with E-state index in [0.29, 0.717) is 18.9 Å². The van der Waals surface area contributed by atoms with Crippen molar-refractivity contribution in [2.24, 2.45) is 5.92 Å². The van der Waals surface area contributed by atoms with Crippen molar-refractivity contribution in [3.8, 4) is 0 Å². The van der Waals surface area contributed by atoms with Crippen LogP contribution >= 0.6 is 0 Å². The van der Waals surface area contributed by atoms with Crippen LogP contribution in [0.5, 0.6) is 0 Å². The van der Waals surface area contributed by atoms with E-state index in [9.17, 15) is 14.7 Å². The molecule has 0 radical (unpaired) electrons. The summed E-state index contributed by atoms with van der Waals surface area (Å²) in [5.41, 5.74) is 0. The lowest BCUT2D eigenvalue weighted by Gasteiger charge is -2.33. The van der Waals surface area contributed by atoms with Gasteiger partial charge in [0.05, 0.1) is 0 Å². The molecule has 0 spiro atoms. The molecule has 5 nitrogen and oxygen atoms in total. The number of aliphatic carboxylic acids is 1. The fourth-order valence-electron chi connectivity index (χ4n) is 3.33. The van der Waals surface area contributed by atoms with Gasteiger partial charge in [0, 0.05) is 19.1 Å². The maximum absolute atomic E-state index is 12.6. The quantitative estimate of drug-likeness (QED) is 0.792. The molecule has 3 atom stereocenters. The molecular weight excluding hydrogens is 244 g/mol. The van der Waals surface area contributed by atoms with Crippen molar-refractivity contribution in [2.75, 3.05) is 13.1 Å². The summed E-state index contributed by atoms with van der Waals surface area (Å²) in [5.74, 6) is -0.357. The normalized spacial score (nSPS) is 32.2. The molecule has 2 amide bonds. The summed E-state index contributed by atoms with van der Waals surface area (Å²) in [6.07, 6.45) is 4.41. The van der Waals surface area contributed by atoms with Crippen molar-refractivity contribution >= 4 is 12.0 Å². The van der Waals surface area contributed by atoms with Gasteiger partial charge in [-0.15, -0.1) is 0 Å². The van der Waals surface area contributed by atoms with Crippen LogP contribution < -0.4 is 0 Å². The zero-order chi connectivity index (χ0) is 14.0. The second kappa shape index (κ2) is 5.80. The minimum Gasteiger partial charge on any atom is -0.480 e. The van der Waals surface area contributed by atoms with Gasteiger partial charge in [0.2, 0.25) is 0 Å². The van der Waals surface area contributed by atoms with Crippen LogP contribution in [0.3, 0.4) is 0 Å². The average Bonchev–Trinajstić information content (AvgIpc) is 2.57. The Kier molecular flexibility index (Phi) is 4.32. The number of hydrogen-bond acceptors (Lipinski definition) is 2. The van der Waals surface area contributed by atoms with E-state index in [4.69, 9.17) is 0 Å². The van der Waals surface area contributed by atoms with Crippen LogP contribution in [0.25, 0.3) is 0 Å². The number of hydrogen-bond donors (Lipinski definition) is 1. The topological polar surface area (TPSA) is 60.9 Å². The standard InChI is InChI=1S/C14H24N2O3/c1-10-8-11(2)16(9-10)14(19)15-7-5-3-4-6-12(15)13(17)18/h10-12H,3-9H2,1-2H3,(H,17,18). The number of urea groups is 1. The molecule has 2 fully saturated rings. The highest BCUT2D eigenvalue weighted by Crippen LogP contribution is 2.26. The van der Waals surface area contributed by atoms with Gasteiger partial charge in [0.1, 0.15) is 6.04 Å². The predicted molar refractivity (Wildman–Crippen MR) is 71.9 cm³/mol. The predicted octanol–water partition coefficient (Wildman–Crippen LogP) is 2.17. The van der Waals surface area contributed by atoms with Crippen molar-refractivity contribution in [1.82, 2.24) is 9.80 Å². The third-order valence-electron chi connectivity index (χ3n) is 4.31. The Labute approximate surface area is 114 Å². The Hall–Kier alpha value is -1.26. The van der Waals surface area contributed by atoms with Gasteiger partial charge in [0.15, 0.2) is 0 Å². The van der Waals surface area contributed by atoms with E-state index in [1.165, 1.54) is 0 Å². The molecule has 2 rings (SSSR count). The van der Waals surface area contributed by atoms with E-state index in [-0.39, 0.29) is 12.1 Å². The van der Waals surface area contributed by atoms with Crippen LogP contribution in [0, 0.1) is 5.92 Å². The zero-order valence-electron chi connectivity index (χ0n) is 11.8. The zero-order valence-corrected chi connectivity index (χ0v) is 11.8. The van der Waals surface area contributed by atoms with Crippen LogP contribution in [0.1, 0.15) is 46.0 Å². The molecule has 0 bridgehead atoms. The molecule has 0 aromatic heterocycles. The van der Waals surface area contributed by atoms with E-state index in [0.717, 1.165) is 32.2 Å². The molecule has 2 heterocycles. The van der Waals surface area contributed by atoms with Crippen LogP contribution in [-0.4, -0.2) is 52.1 Å². The van der Waals surface area contributed by atoms with Crippen LogP contribution in [0.4, 0.5) is 4.79 Å². The molecular formula is C14H24N2O3. The SMILES string of the molecule is CC1CC(C)N(C(=O)N2CCCCCC2C(=O)O)C1. The summed E-state index contributed by atoms with van der Waals surface area (Å²) >= 11 is 0. The second-order valence-corrected chi connectivity index (χ2v) is 6.02. The number of carboxylic acids is 1. The third kappa shape index (κ3) is 3.01. The summed E-state index contributed by atoms with van der Waals surface area (Å²) in [4.78, 5) is 27.4. The highest BCUT2D eigenvalue weighted by atomic mass is 16.4. The Morgan fingerprint density at radius 3 is 2.42 bits per heavy atom. The summed E-state index contributed by atoms with van der Waals surface area (Å²) in [5, 5.41) is 9.33. The minimum atomic E-state index is -0.866. The second-order valence-electron chi connectivity index (χ2n) is 6.02. The highest BCUT2D eigenvalue weighted by molar-refractivity contribution is 5.83. The molecule has 2 aliphatic rings. The van der Waals surface area contributed by atoms with Crippen molar-refractivity contribution in [3.05, 3.63) is 0 Å². The van der Waals surface area contributed by atoms with E-state index in [1.54, 1.807) is 4.90 Å². The lowest BCUT2D eigenvalue weighted by molar-refractivity contribution is -0.142. The van der Waals surface area contributed by atoms with Gasteiger partial charge in [-0.2, -0.15) is 0 Å². The number of carbonyl (C=O) groups is 2. The summed E-state index contributed by atoms with van der Waals surface area (Å²) < 4.78 is 0. The summed E-state index contributed by atoms with van der Waals surface area (Å²) in [6, 6.07) is -0.496. The van der Waals surface area contributed by atoms with Gasteiger partial charge in [-0.1, -0.05) is 19.8 Å². The van der Waals surface area contributed by atoms with Crippen LogP contribution in [0.15, 0.2) is 0 Å². The number of nitrogens with zero attached hydrogens (tertiary/aromatic N) is 2. The van der Waals surface area contributed by atoms with E-state index < -0.39 is 12.0 Å². The first kappa shape index (κ1) is 14.2. The van der Waals surface area contributed by atoms with Crippen molar-refractivity contribution in [1.29, 1.82) is 0 Å². The monoisotopic (exact) mass is 268 g/mol. The molecule has 2 aliphatic heterocycles. The first-order valence-electron chi connectivity index (χ1n) is 7.30. The van der Waals surface area contributed by atoms with E-state index in [1.807, 2.05) is 4.90 Å². The number of amides is 2. The first-order chi connectivity index (χ1) is 9.00. The van der Waals surface area contributed by atoms with E-state index in [2.05, 4.69) is 13.8 Å². The lowest BCUT2D eigenvalue weighted by atomic mass is 10.1. The molecule has 108 valence electrons. The number of carbonyl (C=O) groups excluding carboxylic acids is 1. The number of carboxylic acid groups (broad SMARTS) is 1. The van der Waals surface area contributed by atoms with Crippen molar-refractivity contribution in [2.45, 2.75) is 58.0 Å². The molecule has 3 unspecified atom stereocenters. The summed E-state index contributed by atoms with van der Waals surface area (Å²) in [7, 11) is 0. The molecule has 0 saturated carbocycles. The van der Waals surface area contributed by atoms with Crippen LogP contribution in [-0.2, 0) is 4.79 Å². The highest BCUT2D eigenvalue weighted by Gasteiger charge is 2.37. The maximum Gasteiger partial charge on any atom is 0.326 e. The molecule has 2 saturated heterocycles. The fraction of sp³-hybridized carbons (Fsp3) is 0.857. The smallest absolute Gasteiger partial charge is 0.326 e. The first-order valence-corrected chi connectivity index (χ1v) is 7.30. The molecule has 0 aliphatic carbocycles. The average molecular weight is 268 g/mol. The Morgan fingerprint density at radius 1 is 1.11 bits per heavy atom. The van der Waals surface area contributed by atoms with Gasteiger partial charge in [-0.05, 0) is 32.1 Å². The largest absolute Gasteiger partial charge is 0.480 e. The van der Waals surface area contributed by atoms with E-state index >= 15 is 0 Å². The van der Waals surface area contributed by atoms with Gasteiger partial charge in [0.25, 0.3) is 0 Å². The minimum absolute atomic E-state index is 0.0776. The molecule has 5 heteroatoms. The molecule has 0 aromatic carbocycles. The Bertz CT molecular complexity index is 359. The number of likely N-dealkylation sites (tertiary alicyclic amines) is 2. The number of rotatable bonds is 1. The third-order valence-corrected chi connectivity index (χ3v) is 4.31. The lowest BCUT2D eigenvalue weighted by Crippen LogP contribution is -2.51. The van der Waals surface area contributed by atoms with Gasteiger partial charge in [-0.3, -0.25) is 0 Å². The van der Waals surface area contributed by atoms with Gasteiger partial charge >= 0.3 is 12.0 Å². The van der Waals surface area contributed by atoms with Gasteiger partial charge in [-0.25, -0.2) is 9.59 Å². The Morgan fingerprint density at radius 2 is 1.84 bits per heavy atom. The maximum atomic E-state index is 12.6. The van der Waals surface area contributed by atoms with Crippen LogP contribution in [0.2, 0.25) is 0 Å². The molecule has 1 N–H and O–H groups in total.